The minimum atomic E-state index is -0.195. The minimum absolute atomic E-state index is 0.195. The van der Waals surface area contributed by atoms with E-state index in [-0.39, 0.29) is 5.56 Å². The lowest BCUT2D eigenvalue weighted by molar-refractivity contribution is 1.06. The molecule has 0 spiro atoms. The van der Waals surface area contributed by atoms with E-state index in [1.165, 1.54) is 0 Å². The average Bonchev–Trinajstić information content (AvgIpc) is 2.81. The Hall–Kier alpha value is -2.50. The second-order valence-electron chi connectivity index (χ2n) is 3.70. The summed E-state index contributed by atoms with van der Waals surface area (Å²) in [6.07, 6.45) is 3.29. The highest BCUT2D eigenvalue weighted by Gasteiger charge is 2.07. The van der Waals surface area contributed by atoms with Crippen molar-refractivity contribution in [3.8, 4) is 11.3 Å². The van der Waals surface area contributed by atoms with Crippen molar-refractivity contribution in [2.24, 2.45) is 0 Å². The maximum atomic E-state index is 11.9. The zero-order valence-corrected chi connectivity index (χ0v) is 9.06. The molecule has 0 aliphatic carbocycles. The van der Waals surface area contributed by atoms with E-state index < -0.39 is 0 Å². The maximum Gasteiger partial charge on any atom is 0.259 e. The molecule has 6 heteroatoms. The van der Waals surface area contributed by atoms with Crippen LogP contribution in [-0.4, -0.2) is 25.1 Å². The number of aryl methyl sites for hydroxylation is 1. The Labute approximate surface area is 95.8 Å². The van der Waals surface area contributed by atoms with Gasteiger partial charge in [-0.15, -0.1) is 0 Å². The van der Waals surface area contributed by atoms with Crippen LogP contribution in [0.25, 0.3) is 22.3 Å². The molecule has 6 nitrogen and oxygen atoms in total. The summed E-state index contributed by atoms with van der Waals surface area (Å²) < 4.78 is 0. The third-order valence-corrected chi connectivity index (χ3v) is 2.50. The molecular weight excluding hydrogens is 218 g/mol. The van der Waals surface area contributed by atoms with E-state index in [9.17, 15) is 4.79 Å². The molecule has 0 amide bonds. The maximum absolute atomic E-state index is 11.9. The smallest absolute Gasteiger partial charge is 0.259 e. The molecule has 0 bridgehead atoms. The third-order valence-electron chi connectivity index (χ3n) is 2.50. The third kappa shape index (κ3) is 1.59. The van der Waals surface area contributed by atoms with Gasteiger partial charge in [0.05, 0.1) is 11.3 Å². The first kappa shape index (κ1) is 9.71. The number of hydrogen-bond donors (Lipinski definition) is 2. The van der Waals surface area contributed by atoms with E-state index in [2.05, 4.69) is 25.1 Å². The van der Waals surface area contributed by atoms with Crippen LogP contribution in [0.1, 0.15) is 5.82 Å². The lowest BCUT2D eigenvalue weighted by atomic mass is 10.2. The second-order valence-corrected chi connectivity index (χ2v) is 3.70. The number of rotatable bonds is 1. The predicted molar refractivity (Wildman–Crippen MR) is 62.5 cm³/mol. The fraction of sp³-hybridized carbons (Fsp3) is 0.0909. The summed E-state index contributed by atoms with van der Waals surface area (Å²) in [6.45, 7) is 1.78. The fourth-order valence-electron chi connectivity index (χ4n) is 1.69. The standard InChI is InChI=1S/C11H9N5O/c1-6-12-5-7-4-8(9-2-3-13-16-9)11(17)15-10(7)14-6/h2-5H,1H3,(H,13,16)(H,12,14,15,17). The molecule has 0 fully saturated rings. The number of nitrogens with one attached hydrogen (secondary N) is 2. The van der Waals surface area contributed by atoms with Gasteiger partial charge in [0, 0.05) is 17.8 Å². The molecule has 0 saturated heterocycles. The molecule has 0 radical (unpaired) electrons. The zero-order valence-electron chi connectivity index (χ0n) is 9.06. The van der Waals surface area contributed by atoms with Gasteiger partial charge in [0.1, 0.15) is 11.5 Å². The van der Waals surface area contributed by atoms with Crippen molar-refractivity contribution in [2.75, 3.05) is 0 Å². The van der Waals surface area contributed by atoms with E-state index in [1.807, 2.05) is 0 Å². The average molecular weight is 227 g/mol. The number of aromatic amines is 2. The Bertz CT molecular complexity index is 729. The summed E-state index contributed by atoms with van der Waals surface area (Å²) in [5, 5.41) is 7.38. The number of aromatic nitrogens is 5. The molecule has 3 aromatic heterocycles. The summed E-state index contributed by atoms with van der Waals surface area (Å²) in [7, 11) is 0. The van der Waals surface area contributed by atoms with Crippen molar-refractivity contribution < 1.29 is 0 Å². The van der Waals surface area contributed by atoms with Gasteiger partial charge in [-0.05, 0) is 19.1 Å². The quantitative estimate of drug-likeness (QED) is 0.649. The van der Waals surface area contributed by atoms with E-state index >= 15 is 0 Å². The SMILES string of the molecule is Cc1ncc2cc(-c3ccn[nH]3)c(=O)[nH]c2n1. The lowest BCUT2D eigenvalue weighted by Gasteiger charge is -2.01. The van der Waals surface area contributed by atoms with Crippen LogP contribution in [0.2, 0.25) is 0 Å². The van der Waals surface area contributed by atoms with Crippen molar-refractivity contribution >= 4 is 11.0 Å². The van der Waals surface area contributed by atoms with Crippen LogP contribution < -0.4 is 5.56 Å². The number of pyridine rings is 1. The topological polar surface area (TPSA) is 87.3 Å². The molecule has 3 aromatic rings. The minimum Gasteiger partial charge on any atom is -0.306 e. The molecule has 2 N–H and O–H groups in total. The number of nitrogens with zero attached hydrogens (tertiary/aromatic N) is 3. The van der Waals surface area contributed by atoms with Gasteiger partial charge in [0.25, 0.3) is 5.56 Å². The molecule has 0 aromatic carbocycles. The van der Waals surface area contributed by atoms with E-state index in [1.54, 1.807) is 31.5 Å². The summed E-state index contributed by atoms with van der Waals surface area (Å²) in [5.41, 5.74) is 1.56. The summed E-state index contributed by atoms with van der Waals surface area (Å²) in [5.74, 6) is 0.627. The highest BCUT2D eigenvalue weighted by atomic mass is 16.1. The summed E-state index contributed by atoms with van der Waals surface area (Å²) in [4.78, 5) is 22.9. The summed E-state index contributed by atoms with van der Waals surface area (Å²) in [6, 6.07) is 3.49. The van der Waals surface area contributed by atoms with E-state index in [0.29, 0.717) is 22.7 Å². The van der Waals surface area contributed by atoms with Crippen LogP contribution in [0.5, 0.6) is 0 Å². The number of fused-ring (bicyclic) bond motifs is 1. The molecule has 0 unspecified atom stereocenters. The number of H-pyrrole nitrogens is 2. The highest BCUT2D eigenvalue weighted by Crippen LogP contribution is 2.15. The largest absolute Gasteiger partial charge is 0.306 e. The number of hydrogen-bond acceptors (Lipinski definition) is 4. The van der Waals surface area contributed by atoms with Crippen molar-refractivity contribution in [3.63, 3.8) is 0 Å². The Morgan fingerprint density at radius 2 is 2.24 bits per heavy atom. The van der Waals surface area contributed by atoms with Crippen LogP contribution >= 0.6 is 0 Å². The molecule has 0 aliphatic heterocycles. The Balaban J connectivity index is 2.32. The second kappa shape index (κ2) is 3.51. The van der Waals surface area contributed by atoms with Gasteiger partial charge in [-0.3, -0.25) is 9.89 Å². The van der Waals surface area contributed by atoms with E-state index in [4.69, 9.17) is 0 Å². The Morgan fingerprint density at radius 3 is 3.00 bits per heavy atom. The molecule has 3 rings (SSSR count). The van der Waals surface area contributed by atoms with Crippen molar-refractivity contribution in [3.05, 3.63) is 40.7 Å². The van der Waals surface area contributed by atoms with Gasteiger partial charge >= 0.3 is 0 Å². The van der Waals surface area contributed by atoms with Gasteiger partial charge in [-0.1, -0.05) is 0 Å². The normalized spacial score (nSPS) is 10.9. The lowest BCUT2D eigenvalue weighted by Crippen LogP contribution is -2.10. The Morgan fingerprint density at radius 1 is 1.35 bits per heavy atom. The molecule has 3 heterocycles. The van der Waals surface area contributed by atoms with Gasteiger partial charge in [0.2, 0.25) is 0 Å². The van der Waals surface area contributed by atoms with Crippen molar-refractivity contribution in [1.82, 2.24) is 25.1 Å². The first-order valence-corrected chi connectivity index (χ1v) is 5.10. The molecule has 0 aliphatic rings. The fourth-order valence-corrected chi connectivity index (χ4v) is 1.69. The van der Waals surface area contributed by atoms with Gasteiger partial charge in [-0.2, -0.15) is 5.10 Å². The highest BCUT2D eigenvalue weighted by molar-refractivity contribution is 5.78. The zero-order chi connectivity index (χ0) is 11.8. The van der Waals surface area contributed by atoms with Crippen molar-refractivity contribution in [2.45, 2.75) is 6.92 Å². The van der Waals surface area contributed by atoms with Gasteiger partial charge in [-0.25, -0.2) is 9.97 Å². The van der Waals surface area contributed by atoms with Gasteiger partial charge < -0.3 is 4.98 Å². The van der Waals surface area contributed by atoms with Crippen LogP contribution in [0, 0.1) is 6.92 Å². The van der Waals surface area contributed by atoms with Crippen LogP contribution in [0.15, 0.2) is 29.3 Å². The summed E-state index contributed by atoms with van der Waals surface area (Å²) >= 11 is 0. The molecular formula is C11H9N5O. The molecule has 0 saturated carbocycles. The van der Waals surface area contributed by atoms with Crippen LogP contribution in [0.3, 0.4) is 0 Å². The molecule has 84 valence electrons. The van der Waals surface area contributed by atoms with Gasteiger partial charge in [0.15, 0.2) is 0 Å². The molecule has 0 atom stereocenters. The van der Waals surface area contributed by atoms with Crippen LogP contribution in [0.4, 0.5) is 0 Å². The van der Waals surface area contributed by atoms with E-state index in [0.717, 1.165) is 5.39 Å². The monoisotopic (exact) mass is 227 g/mol. The Kier molecular flexibility index (Phi) is 2.01. The van der Waals surface area contributed by atoms with Crippen molar-refractivity contribution in [1.29, 1.82) is 0 Å². The molecule has 17 heavy (non-hydrogen) atoms. The predicted octanol–water partition coefficient (Wildman–Crippen LogP) is 1.02. The first-order chi connectivity index (χ1) is 8.24. The van der Waals surface area contributed by atoms with Crippen LogP contribution in [-0.2, 0) is 0 Å². The first-order valence-electron chi connectivity index (χ1n) is 5.10.